The maximum absolute atomic E-state index is 10.4. The normalized spacial score (nSPS) is 38.2. The van der Waals surface area contributed by atoms with E-state index in [9.17, 15) is 25.5 Å². The second-order valence-corrected chi connectivity index (χ2v) is 11.4. The Morgan fingerprint density at radius 3 is 1.63 bits per heavy atom. The van der Waals surface area contributed by atoms with E-state index in [4.69, 9.17) is 4.74 Å². The molecule has 0 spiro atoms. The minimum atomic E-state index is -0.513. The van der Waals surface area contributed by atoms with Crippen LogP contribution in [0.2, 0.25) is 0 Å². The monoisotopic (exact) mass is 500 g/mol. The quantitative estimate of drug-likeness (QED) is 0.378. The third kappa shape index (κ3) is 9.54. The van der Waals surface area contributed by atoms with Crippen LogP contribution in [-0.2, 0) is 4.74 Å². The molecule has 5 N–H and O–H groups in total. The molecule has 0 aromatic heterocycles. The fourth-order valence-electron chi connectivity index (χ4n) is 6.93. The SMILES string of the molecule is CC.COC1CCC(C(O)C2CCCCC2O)CC1.OC1CCC(C(O)C2CCCCC2)C(O)C1. The van der Waals surface area contributed by atoms with E-state index in [2.05, 4.69) is 0 Å². The molecule has 0 bridgehead atoms. The summed E-state index contributed by atoms with van der Waals surface area (Å²) in [5, 5.41) is 50.1. The van der Waals surface area contributed by atoms with Gasteiger partial charge in [0, 0.05) is 18.9 Å². The number of hydrogen-bond donors (Lipinski definition) is 5. The van der Waals surface area contributed by atoms with Gasteiger partial charge in [0.1, 0.15) is 0 Å². The molecule has 0 aliphatic heterocycles. The third-order valence-electron chi connectivity index (χ3n) is 9.17. The summed E-state index contributed by atoms with van der Waals surface area (Å²) in [4.78, 5) is 0. The van der Waals surface area contributed by atoms with Crippen molar-refractivity contribution in [2.45, 2.75) is 153 Å². The lowest BCUT2D eigenvalue weighted by Gasteiger charge is -2.38. The highest BCUT2D eigenvalue weighted by molar-refractivity contribution is 4.88. The molecule has 4 aliphatic carbocycles. The topological polar surface area (TPSA) is 110 Å². The van der Waals surface area contributed by atoms with Crippen LogP contribution in [0.4, 0.5) is 0 Å². The number of ether oxygens (including phenoxy) is 1. The van der Waals surface area contributed by atoms with Gasteiger partial charge in [0.25, 0.3) is 0 Å². The summed E-state index contributed by atoms with van der Waals surface area (Å²) in [5.74, 6) is 0.863. The molecule has 4 saturated carbocycles. The average Bonchev–Trinajstić information content (AvgIpc) is 2.90. The Balaban J connectivity index is 0.000000231. The number of aliphatic hydroxyl groups is 5. The highest BCUT2D eigenvalue weighted by Gasteiger charge is 2.37. The molecule has 7 unspecified atom stereocenters. The molecule has 0 heterocycles. The van der Waals surface area contributed by atoms with Crippen LogP contribution in [0.3, 0.4) is 0 Å². The van der Waals surface area contributed by atoms with E-state index in [1.807, 2.05) is 13.8 Å². The van der Waals surface area contributed by atoms with E-state index in [0.29, 0.717) is 24.4 Å². The van der Waals surface area contributed by atoms with Crippen LogP contribution in [0.1, 0.15) is 117 Å². The zero-order valence-electron chi connectivity index (χ0n) is 22.7. The molecule has 0 aromatic rings. The van der Waals surface area contributed by atoms with Crippen LogP contribution in [0.25, 0.3) is 0 Å². The lowest BCUT2D eigenvalue weighted by molar-refractivity contribution is -0.0718. The first-order valence-corrected chi connectivity index (χ1v) is 14.8. The summed E-state index contributed by atoms with van der Waals surface area (Å²) in [6.07, 6.45) is 14.8. The molecule has 7 atom stereocenters. The fraction of sp³-hybridized carbons (Fsp3) is 1.00. The molecule has 208 valence electrons. The number of hydrogen-bond acceptors (Lipinski definition) is 6. The summed E-state index contributed by atoms with van der Waals surface area (Å²) in [6.45, 7) is 4.00. The summed E-state index contributed by atoms with van der Waals surface area (Å²) in [7, 11) is 1.77. The molecule has 0 saturated heterocycles. The van der Waals surface area contributed by atoms with Crippen LogP contribution in [0, 0.1) is 23.7 Å². The Labute approximate surface area is 214 Å². The van der Waals surface area contributed by atoms with Crippen molar-refractivity contribution in [3.05, 3.63) is 0 Å². The maximum atomic E-state index is 10.4. The van der Waals surface area contributed by atoms with Gasteiger partial charge in [0.15, 0.2) is 0 Å². The maximum Gasteiger partial charge on any atom is 0.0621 e. The summed E-state index contributed by atoms with van der Waals surface area (Å²) in [5.41, 5.74) is 0. The molecule has 4 fully saturated rings. The molecule has 4 aliphatic rings. The summed E-state index contributed by atoms with van der Waals surface area (Å²) >= 11 is 0. The van der Waals surface area contributed by atoms with Gasteiger partial charge in [-0.05, 0) is 82.5 Å². The van der Waals surface area contributed by atoms with Gasteiger partial charge >= 0.3 is 0 Å². The fourth-order valence-corrected chi connectivity index (χ4v) is 6.93. The second-order valence-electron chi connectivity index (χ2n) is 11.4. The van der Waals surface area contributed by atoms with E-state index < -0.39 is 6.10 Å². The van der Waals surface area contributed by atoms with Gasteiger partial charge in [-0.2, -0.15) is 0 Å². The Kier molecular flexibility index (Phi) is 14.7. The average molecular weight is 501 g/mol. The predicted octanol–water partition coefficient (Wildman–Crippen LogP) is 4.58. The van der Waals surface area contributed by atoms with Gasteiger partial charge in [-0.25, -0.2) is 0 Å². The van der Waals surface area contributed by atoms with Gasteiger partial charge < -0.3 is 30.3 Å². The lowest BCUT2D eigenvalue weighted by atomic mass is 9.73. The van der Waals surface area contributed by atoms with E-state index >= 15 is 0 Å². The number of rotatable bonds is 5. The predicted molar refractivity (Wildman–Crippen MR) is 140 cm³/mol. The Hall–Kier alpha value is -0.240. The van der Waals surface area contributed by atoms with Crippen molar-refractivity contribution in [2.24, 2.45) is 23.7 Å². The van der Waals surface area contributed by atoms with E-state index in [0.717, 1.165) is 77.0 Å². The van der Waals surface area contributed by atoms with Crippen molar-refractivity contribution in [1.29, 1.82) is 0 Å². The molecule has 6 heteroatoms. The molecule has 6 nitrogen and oxygen atoms in total. The van der Waals surface area contributed by atoms with Crippen LogP contribution in [0.15, 0.2) is 0 Å². The Morgan fingerprint density at radius 2 is 1.09 bits per heavy atom. The lowest BCUT2D eigenvalue weighted by Crippen LogP contribution is -2.42. The van der Waals surface area contributed by atoms with Crippen molar-refractivity contribution in [1.82, 2.24) is 0 Å². The zero-order chi connectivity index (χ0) is 25.8. The second kappa shape index (κ2) is 16.6. The summed E-state index contributed by atoms with van der Waals surface area (Å²) in [6, 6.07) is 0. The van der Waals surface area contributed by atoms with Gasteiger partial charge in [0.05, 0.1) is 36.6 Å². The number of methoxy groups -OCH3 is 1. The van der Waals surface area contributed by atoms with Gasteiger partial charge in [0.2, 0.25) is 0 Å². The van der Waals surface area contributed by atoms with Crippen LogP contribution >= 0.6 is 0 Å². The Morgan fingerprint density at radius 1 is 0.571 bits per heavy atom. The van der Waals surface area contributed by atoms with Crippen molar-refractivity contribution in [2.75, 3.05) is 7.11 Å². The first-order chi connectivity index (χ1) is 16.9. The largest absolute Gasteiger partial charge is 0.393 e. The van der Waals surface area contributed by atoms with Crippen molar-refractivity contribution in [3.8, 4) is 0 Å². The zero-order valence-corrected chi connectivity index (χ0v) is 22.7. The van der Waals surface area contributed by atoms with Crippen molar-refractivity contribution < 1.29 is 30.3 Å². The van der Waals surface area contributed by atoms with Crippen molar-refractivity contribution >= 4 is 0 Å². The highest BCUT2D eigenvalue weighted by Crippen LogP contribution is 2.37. The van der Waals surface area contributed by atoms with E-state index in [1.54, 1.807) is 7.11 Å². The van der Waals surface area contributed by atoms with Crippen LogP contribution in [0.5, 0.6) is 0 Å². The molecule has 0 amide bonds. The van der Waals surface area contributed by atoms with Gasteiger partial charge in [-0.15, -0.1) is 0 Å². The first kappa shape index (κ1) is 31.0. The molecule has 0 radical (unpaired) electrons. The highest BCUT2D eigenvalue weighted by atomic mass is 16.5. The minimum absolute atomic E-state index is 0.00787. The van der Waals surface area contributed by atoms with Crippen molar-refractivity contribution in [3.63, 3.8) is 0 Å². The molecule has 0 aromatic carbocycles. The van der Waals surface area contributed by atoms with Gasteiger partial charge in [-0.3, -0.25) is 0 Å². The van der Waals surface area contributed by atoms with E-state index in [1.165, 1.54) is 19.3 Å². The first-order valence-electron chi connectivity index (χ1n) is 14.8. The molecular formula is C29H56O6. The summed E-state index contributed by atoms with van der Waals surface area (Å²) < 4.78 is 5.35. The molecule has 35 heavy (non-hydrogen) atoms. The third-order valence-corrected chi connectivity index (χ3v) is 9.17. The standard InChI is InChI=1S/C14H26O3.C13H24O3.C2H6/c1-17-11-8-6-10(7-9-11)14(16)12-4-2-3-5-13(12)15;14-10-6-7-11(12(15)8-10)13(16)9-4-2-1-3-5-9;1-2/h10-16H,2-9H2,1H3;9-16H,1-8H2;1-2H3. The van der Waals surface area contributed by atoms with Crippen LogP contribution in [-0.4, -0.2) is 69.3 Å². The molecule has 4 rings (SSSR count). The minimum Gasteiger partial charge on any atom is -0.393 e. The molecular weight excluding hydrogens is 444 g/mol. The Bertz CT molecular complexity index is 531. The van der Waals surface area contributed by atoms with E-state index in [-0.39, 0.29) is 36.3 Å². The van der Waals surface area contributed by atoms with Crippen LogP contribution < -0.4 is 0 Å². The smallest absolute Gasteiger partial charge is 0.0621 e. The van der Waals surface area contributed by atoms with Gasteiger partial charge in [-0.1, -0.05) is 46.0 Å². The number of aliphatic hydroxyl groups excluding tert-OH is 5.